The van der Waals surface area contributed by atoms with E-state index < -0.39 is 11.2 Å². The van der Waals surface area contributed by atoms with Gasteiger partial charge in [0.25, 0.3) is 0 Å². The number of hydrogen-bond acceptors (Lipinski definition) is 4. The van der Waals surface area contributed by atoms with Gasteiger partial charge in [0.2, 0.25) is 0 Å². The number of piperidine rings is 1. The van der Waals surface area contributed by atoms with Crippen molar-refractivity contribution in [1.82, 2.24) is 10.2 Å². The number of carbonyl (C=O) groups is 1. The third kappa shape index (κ3) is 5.64. The minimum Gasteiger partial charge on any atom is -0.444 e. The largest absolute Gasteiger partial charge is 0.444 e. The molecule has 1 saturated heterocycles. The molecule has 1 amide bonds. The molecule has 2 aliphatic rings. The van der Waals surface area contributed by atoms with E-state index in [1.807, 2.05) is 39.5 Å². The number of fused-ring (bicyclic) bond motifs is 1. The lowest BCUT2D eigenvalue weighted by Gasteiger charge is -2.46. The molecular weight excluding hydrogens is 292 g/mol. The highest BCUT2D eigenvalue weighted by molar-refractivity contribution is 5.68. The van der Waals surface area contributed by atoms with E-state index in [1.54, 1.807) is 0 Å². The van der Waals surface area contributed by atoms with Crippen LogP contribution in [0.15, 0.2) is 0 Å². The Labute approximate surface area is 140 Å². The van der Waals surface area contributed by atoms with Gasteiger partial charge in [0.05, 0.1) is 5.60 Å². The average molecular weight is 326 g/mol. The van der Waals surface area contributed by atoms with Crippen molar-refractivity contribution in [3.05, 3.63) is 0 Å². The first-order chi connectivity index (χ1) is 10.6. The Kier molecular flexibility index (Phi) is 5.62. The number of amides is 1. The number of likely N-dealkylation sites (tertiary alicyclic amines) is 1. The fourth-order valence-corrected chi connectivity index (χ4v) is 3.78. The Balaban J connectivity index is 1.91. The molecule has 5 heteroatoms. The van der Waals surface area contributed by atoms with Gasteiger partial charge in [0.15, 0.2) is 0 Å². The molecule has 1 aliphatic heterocycles. The second-order valence-electron chi connectivity index (χ2n) is 8.85. The molecule has 3 unspecified atom stereocenters. The Bertz CT molecular complexity index is 411. The van der Waals surface area contributed by atoms with E-state index in [1.165, 1.54) is 6.42 Å². The number of nitrogens with one attached hydrogen (secondary N) is 1. The second kappa shape index (κ2) is 6.98. The molecule has 134 valence electrons. The molecule has 1 heterocycles. The van der Waals surface area contributed by atoms with Crippen LogP contribution in [0.2, 0.25) is 0 Å². The van der Waals surface area contributed by atoms with Gasteiger partial charge in [-0.1, -0.05) is 0 Å². The molecule has 5 nitrogen and oxygen atoms in total. The maximum Gasteiger partial charge on any atom is 0.410 e. The van der Waals surface area contributed by atoms with Gasteiger partial charge in [0.1, 0.15) is 5.60 Å². The van der Waals surface area contributed by atoms with Crippen molar-refractivity contribution in [2.24, 2.45) is 5.92 Å². The highest BCUT2D eigenvalue weighted by Gasteiger charge is 2.40. The molecule has 1 aliphatic carbocycles. The number of ether oxygens (including phenoxy) is 1. The molecule has 0 aromatic carbocycles. The number of nitrogens with zero attached hydrogens (tertiary/aromatic N) is 1. The Morgan fingerprint density at radius 1 is 1.22 bits per heavy atom. The molecule has 0 radical (unpaired) electrons. The fourth-order valence-electron chi connectivity index (χ4n) is 3.78. The van der Waals surface area contributed by atoms with Gasteiger partial charge in [-0.2, -0.15) is 0 Å². The van der Waals surface area contributed by atoms with Crippen molar-refractivity contribution in [3.63, 3.8) is 0 Å². The van der Waals surface area contributed by atoms with Crippen LogP contribution in [0.3, 0.4) is 0 Å². The Morgan fingerprint density at radius 2 is 1.91 bits per heavy atom. The predicted molar refractivity (Wildman–Crippen MR) is 91.4 cm³/mol. The quantitative estimate of drug-likeness (QED) is 0.837. The standard InChI is InChI=1S/C18H34N2O3/c1-17(2,3)23-16(21)20-10-6-7-13-11-14(8-9-15(13)20)19-12-18(4,5)22/h13-15,19,22H,6-12H2,1-5H3. The van der Waals surface area contributed by atoms with E-state index >= 15 is 0 Å². The molecule has 2 fully saturated rings. The molecule has 1 saturated carbocycles. The SMILES string of the molecule is CC(C)(O)CNC1CCC2C(CCCN2C(=O)OC(C)(C)C)C1. The molecule has 0 aromatic rings. The molecule has 2 N–H and O–H groups in total. The van der Waals surface area contributed by atoms with E-state index in [0.29, 0.717) is 24.5 Å². The van der Waals surface area contributed by atoms with Crippen LogP contribution in [0.5, 0.6) is 0 Å². The first-order valence-corrected chi connectivity index (χ1v) is 9.00. The lowest BCUT2D eigenvalue weighted by molar-refractivity contribution is -0.0110. The topological polar surface area (TPSA) is 61.8 Å². The van der Waals surface area contributed by atoms with Crippen LogP contribution in [0.1, 0.15) is 66.7 Å². The number of rotatable bonds is 3. The van der Waals surface area contributed by atoms with Crippen LogP contribution in [-0.4, -0.2) is 52.5 Å². The first-order valence-electron chi connectivity index (χ1n) is 9.00. The molecule has 0 aromatic heterocycles. The molecule has 23 heavy (non-hydrogen) atoms. The molecule has 0 spiro atoms. The summed E-state index contributed by atoms with van der Waals surface area (Å²) in [6.45, 7) is 10.9. The zero-order chi connectivity index (χ0) is 17.3. The summed E-state index contributed by atoms with van der Waals surface area (Å²) in [5.74, 6) is 0.546. The zero-order valence-corrected chi connectivity index (χ0v) is 15.4. The van der Waals surface area contributed by atoms with Gasteiger partial charge in [-0.05, 0) is 72.6 Å². The van der Waals surface area contributed by atoms with Crippen molar-refractivity contribution >= 4 is 6.09 Å². The number of hydrogen-bond donors (Lipinski definition) is 2. The second-order valence-corrected chi connectivity index (χ2v) is 8.85. The first kappa shape index (κ1) is 18.5. The normalized spacial score (nSPS) is 29.1. The Morgan fingerprint density at radius 3 is 2.52 bits per heavy atom. The van der Waals surface area contributed by atoms with E-state index in [9.17, 15) is 9.90 Å². The van der Waals surface area contributed by atoms with Crippen molar-refractivity contribution in [2.75, 3.05) is 13.1 Å². The van der Waals surface area contributed by atoms with Crippen molar-refractivity contribution < 1.29 is 14.6 Å². The zero-order valence-electron chi connectivity index (χ0n) is 15.4. The predicted octanol–water partition coefficient (Wildman–Crippen LogP) is 2.92. The van der Waals surface area contributed by atoms with Gasteiger partial charge in [0, 0.05) is 25.2 Å². The summed E-state index contributed by atoms with van der Waals surface area (Å²) in [7, 11) is 0. The summed E-state index contributed by atoms with van der Waals surface area (Å²) >= 11 is 0. The lowest BCUT2D eigenvalue weighted by Crippen LogP contribution is -2.54. The highest BCUT2D eigenvalue weighted by Crippen LogP contribution is 2.36. The molecule has 0 bridgehead atoms. The van der Waals surface area contributed by atoms with Crippen molar-refractivity contribution in [2.45, 2.75) is 90.0 Å². The van der Waals surface area contributed by atoms with E-state index in [-0.39, 0.29) is 6.09 Å². The summed E-state index contributed by atoms with van der Waals surface area (Å²) in [4.78, 5) is 14.4. The maximum absolute atomic E-state index is 12.5. The van der Waals surface area contributed by atoms with Crippen LogP contribution in [0.25, 0.3) is 0 Å². The average Bonchev–Trinajstić information content (AvgIpc) is 2.41. The number of carbonyl (C=O) groups excluding carboxylic acids is 1. The maximum atomic E-state index is 12.5. The molecule has 3 atom stereocenters. The number of aliphatic hydroxyl groups is 1. The van der Waals surface area contributed by atoms with E-state index in [4.69, 9.17) is 4.74 Å². The fraction of sp³-hybridized carbons (Fsp3) is 0.944. The van der Waals surface area contributed by atoms with Crippen molar-refractivity contribution in [1.29, 1.82) is 0 Å². The third-order valence-corrected chi connectivity index (χ3v) is 4.77. The smallest absolute Gasteiger partial charge is 0.410 e. The third-order valence-electron chi connectivity index (χ3n) is 4.77. The summed E-state index contributed by atoms with van der Waals surface area (Å²) in [6.07, 6.45) is 5.24. The van der Waals surface area contributed by atoms with Gasteiger partial charge in [-0.15, -0.1) is 0 Å². The minimum atomic E-state index is -0.675. The van der Waals surface area contributed by atoms with Crippen LogP contribution in [0.4, 0.5) is 4.79 Å². The lowest BCUT2D eigenvalue weighted by atomic mass is 9.76. The summed E-state index contributed by atoms with van der Waals surface area (Å²) in [5.41, 5.74) is -1.11. The van der Waals surface area contributed by atoms with Gasteiger partial charge < -0.3 is 20.1 Å². The highest BCUT2D eigenvalue weighted by atomic mass is 16.6. The molecule has 2 rings (SSSR count). The van der Waals surface area contributed by atoms with Gasteiger partial charge in [-0.3, -0.25) is 0 Å². The van der Waals surface area contributed by atoms with Gasteiger partial charge >= 0.3 is 6.09 Å². The van der Waals surface area contributed by atoms with Crippen LogP contribution >= 0.6 is 0 Å². The Hall–Kier alpha value is -0.810. The van der Waals surface area contributed by atoms with Crippen LogP contribution in [0, 0.1) is 5.92 Å². The van der Waals surface area contributed by atoms with Crippen LogP contribution in [-0.2, 0) is 4.74 Å². The van der Waals surface area contributed by atoms with Crippen molar-refractivity contribution in [3.8, 4) is 0 Å². The summed E-state index contributed by atoms with van der Waals surface area (Å²) in [6, 6.07) is 0.764. The van der Waals surface area contributed by atoms with Crippen LogP contribution < -0.4 is 5.32 Å². The summed E-state index contributed by atoms with van der Waals surface area (Å²) < 4.78 is 5.58. The van der Waals surface area contributed by atoms with E-state index in [2.05, 4.69) is 5.32 Å². The molecular formula is C18H34N2O3. The summed E-state index contributed by atoms with van der Waals surface area (Å²) in [5, 5.41) is 13.4. The van der Waals surface area contributed by atoms with E-state index in [0.717, 1.165) is 32.2 Å². The monoisotopic (exact) mass is 326 g/mol. The van der Waals surface area contributed by atoms with Gasteiger partial charge in [-0.25, -0.2) is 4.79 Å². The minimum absolute atomic E-state index is 0.157.